The first-order valence-corrected chi connectivity index (χ1v) is 4.91. The lowest BCUT2D eigenvalue weighted by atomic mass is 10.1. The summed E-state index contributed by atoms with van der Waals surface area (Å²) in [6.07, 6.45) is -1.69. The summed E-state index contributed by atoms with van der Waals surface area (Å²) in [4.78, 5) is 10.8. The van der Waals surface area contributed by atoms with Crippen LogP contribution in [0.15, 0.2) is 30.3 Å². The highest BCUT2D eigenvalue weighted by molar-refractivity contribution is 6.29. The van der Waals surface area contributed by atoms with E-state index in [0.29, 0.717) is 5.56 Å². The molecule has 0 saturated carbocycles. The van der Waals surface area contributed by atoms with Crippen molar-refractivity contribution in [2.75, 3.05) is 5.88 Å². The number of allylic oxidation sites excluding steroid dienone is 1. The Morgan fingerprint density at radius 3 is 2.25 bits per heavy atom. The number of alkyl halides is 4. The van der Waals surface area contributed by atoms with Gasteiger partial charge in [0.1, 0.15) is 0 Å². The Morgan fingerprint density at radius 2 is 1.81 bits per heavy atom. The summed E-state index contributed by atoms with van der Waals surface area (Å²) in [5.74, 6) is -0.432. The molecule has 0 saturated heterocycles. The molecule has 0 N–H and O–H groups in total. The number of hydrogen-bond donors (Lipinski definition) is 0. The standard InChI is InChI=1S/C11H8ClF3O/c12-7-10(16)6-3-8-1-4-9(5-2-8)11(13,14)15/h1-6H,7H2/b6-3+. The lowest BCUT2D eigenvalue weighted by Gasteiger charge is -2.05. The summed E-state index contributed by atoms with van der Waals surface area (Å²) >= 11 is 5.25. The minimum atomic E-state index is -4.34. The normalized spacial score (nSPS) is 12.0. The summed E-state index contributed by atoms with van der Waals surface area (Å²) < 4.78 is 36.6. The van der Waals surface area contributed by atoms with E-state index < -0.39 is 11.7 Å². The first-order valence-electron chi connectivity index (χ1n) is 4.37. The van der Waals surface area contributed by atoms with Crippen molar-refractivity contribution in [1.29, 1.82) is 0 Å². The van der Waals surface area contributed by atoms with Crippen LogP contribution in [0, 0.1) is 0 Å². The third-order valence-electron chi connectivity index (χ3n) is 1.83. The van der Waals surface area contributed by atoms with E-state index in [1.165, 1.54) is 24.3 Å². The van der Waals surface area contributed by atoms with Gasteiger partial charge in [0.05, 0.1) is 11.4 Å². The Bertz CT molecular complexity index is 393. The number of carbonyl (C=O) groups excluding carboxylic acids is 1. The molecule has 0 aliphatic rings. The van der Waals surface area contributed by atoms with E-state index in [9.17, 15) is 18.0 Å². The molecule has 86 valence electrons. The van der Waals surface area contributed by atoms with Crippen LogP contribution in [0.4, 0.5) is 13.2 Å². The van der Waals surface area contributed by atoms with Crippen LogP contribution < -0.4 is 0 Å². The predicted octanol–water partition coefficient (Wildman–Crippen LogP) is 3.53. The molecule has 5 heteroatoms. The molecular weight excluding hydrogens is 241 g/mol. The van der Waals surface area contributed by atoms with Crippen LogP contribution in [0.1, 0.15) is 11.1 Å². The smallest absolute Gasteiger partial charge is 0.294 e. The van der Waals surface area contributed by atoms with Crippen LogP contribution in [-0.2, 0) is 11.0 Å². The monoisotopic (exact) mass is 248 g/mol. The number of halogens is 4. The average molecular weight is 249 g/mol. The zero-order valence-electron chi connectivity index (χ0n) is 8.09. The fraction of sp³-hybridized carbons (Fsp3) is 0.182. The van der Waals surface area contributed by atoms with Crippen molar-refractivity contribution in [3.8, 4) is 0 Å². The van der Waals surface area contributed by atoms with Gasteiger partial charge in [0.2, 0.25) is 0 Å². The maximum Gasteiger partial charge on any atom is 0.416 e. The van der Waals surface area contributed by atoms with Gasteiger partial charge in [-0.15, -0.1) is 11.6 Å². The van der Waals surface area contributed by atoms with Crippen molar-refractivity contribution in [1.82, 2.24) is 0 Å². The van der Waals surface area contributed by atoms with Gasteiger partial charge < -0.3 is 0 Å². The molecule has 0 radical (unpaired) electrons. The molecule has 0 aliphatic carbocycles. The first kappa shape index (κ1) is 12.8. The fourth-order valence-corrected chi connectivity index (χ4v) is 1.11. The minimum Gasteiger partial charge on any atom is -0.294 e. The van der Waals surface area contributed by atoms with E-state index in [0.717, 1.165) is 12.1 Å². The molecular formula is C11H8ClF3O. The number of hydrogen-bond acceptors (Lipinski definition) is 1. The molecule has 1 nitrogen and oxygen atoms in total. The summed E-state index contributed by atoms with van der Waals surface area (Å²) in [7, 11) is 0. The second kappa shape index (κ2) is 5.16. The van der Waals surface area contributed by atoms with Gasteiger partial charge >= 0.3 is 6.18 Å². The third kappa shape index (κ3) is 3.70. The van der Waals surface area contributed by atoms with Crippen LogP contribution in [0.5, 0.6) is 0 Å². The third-order valence-corrected chi connectivity index (χ3v) is 2.09. The van der Waals surface area contributed by atoms with Crippen molar-refractivity contribution < 1.29 is 18.0 Å². The van der Waals surface area contributed by atoms with Gasteiger partial charge in [-0.3, -0.25) is 4.79 Å². The largest absolute Gasteiger partial charge is 0.416 e. The Hall–Kier alpha value is -1.29. The molecule has 1 aromatic rings. The Kier molecular flexibility index (Phi) is 4.12. The highest BCUT2D eigenvalue weighted by Gasteiger charge is 2.29. The second-order valence-corrected chi connectivity index (χ2v) is 3.32. The predicted molar refractivity (Wildman–Crippen MR) is 56.2 cm³/mol. The highest BCUT2D eigenvalue weighted by atomic mass is 35.5. The number of ketones is 1. The molecule has 0 unspecified atom stereocenters. The van der Waals surface area contributed by atoms with Crippen molar-refractivity contribution in [3.05, 3.63) is 41.5 Å². The van der Waals surface area contributed by atoms with Crippen molar-refractivity contribution in [2.45, 2.75) is 6.18 Å². The van der Waals surface area contributed by atoms with Gasteiger partial charge in [0, 0.05) is 0 Å². The Morgan fingerprint density at radius 1 is 1.25 bits per heavy atom. The summed E-state index contributed by atoms with van der Waals surface area (Å²) in [5, 5.41) is 0. The van der Waals surface area contributed by atoms with Crippen LogP contribution >= 0.6 is 11.6 Å². The summed E-state index contributed by atoms with van der Waals surface area (Å²) in [6, 6.07) is 4.51. The first-order chi connectivity index (χ1) is 7.43. The summed E-state index contributed by atoms with van der Waals surface area (Å²) in [5.41, 5.74) is -0.195. The van der Waals surface area contributed by atoms with E-state index in [4.69, 9.17) is 11.6 Å². The number of benzene rings is 1. The molecule has 1 aromatic carbocycles. The van der Waals surface area contributed by atoms with Gasteiger partial charge in [0.25, 0.3) is 0 Å². The Labute approximate surface area is 95.5 Å². The molecule has 0 atom stereocenters. The molecule has 0 spiro atoms. The molecule has 0 fully saturated rings. The molecule has 0 amide bonds. The minimum absolute atomic E-state index is 0.142. The zero-order valence-corrected chi connectivity index (χ0v) is 8.85. The van der Waals surface area contributed by atoms with Gasteiger partial charge in [-0.05, 0) is 23.8 Å². The zero-order chi connectivity index (χ0) is 12.2. The quantitative estimate of drug-likeness (QED) is 0.591. The van der Waals surface area contributed by atoms with E-state index in [1.807, 2.05) is 0 Å². The van der Waals surface area contributed by atoms with E-state index >= 15 is 0 Å². The van der Waals surface area contributed by atoms with Crippen molar-refractivity contribution in [3.63, 3.8) is 0 Å². The van der Waals surface area contributed by atoms with Crippen LogP contribution in [-0.4, -0.2) is 11.7 Å². The maximum absolute atomic E-state index is 12.2. The number of carbonyl (C=O) groups is 1. The molecule has 0 bridgehead atoms. The Balaban J connectivity index is 2.80. The molecule has 16 heavy (non-hydrogen) atoms. The molecule has 0 aliphatic heterocycles. The van der Waals surface area contributed by atoms with Gasteiger partial charge in [-0.25, -0.2) is 0 Å². The van der Waals surface area contributed by atoms with Crippen LogP contribution in [0.25, 0.3) is 6.08 Å². The topological polar surface area (TPSA) is 17.1 Å². The molecule has 1 rings (SSSR count). The van der Waals surface area contributed by atoms with Crippen molar-refractivity contribution >= 4 is 23.5 Å². The fourth-order valence-electron chi connectivity index (χ4n) is 1.02. The van der Waals surface area contributed by atoms with E-state index in [2.05, 4.69) is 0 Å². The van der Waals surface area contributed by atoms with E-state index in [1.54, 1.807) is 0 Å². The lowest BCUT2D eigenvalue weighted by Crippen LogP contribution is -2.04. The van der Waals surface area contributed by atoms with Crippen LogP contribution in [0.3, 0.4) is 0 Å². The van der Waals surface area contributed by atoms with Crippen LogP contribution in [0.2, 0.25) is 0 Å². The lowest BCUT2D eigenvalue weighted by molar-refractivity contribution is -0.137. The summed E-state index contributed by atoms with van der Waals surface area (Å²) in [6.45, 7) is 0. The second-order valence-electron chi connectivity index (χ2n) is 3.05. The van der Waals surface area contributed by atoms with Crippen molar-refractivity contribution in [2.24, 2.45) is 0 Å². The molecule has 0 aromatic heterocycles. The average Bonchev–Trinajstić information content (AvgIpc) is 2.25. The molecule has 0 heterocycles. The highest BCUT2D eigenvalue weighted by Crippen LogP contribution is 2.29. The van der Waals surface area contributed by atoms with Gasteiger partial charge in [-0.1, -0.05) is 18.2 Å². The van der Waals surface area contributed by atoms with Gasteiger partial charge in [-0.2, -0.15) is 13.2 Å². The maximum atomic E-state index is 12.2. The SMILES string of the molecule is O=C(/C=C/c1ccc(C(F)(F)F)cc1)CCl. The van der Waals surface area contributed by atoms with Gasteiger partial charge in [0.15, 0.2) is 5.78 Å². The number of rotatable bonds is 3. The van der Waals surface area contributed by atoms with E-state index in [-0.39, 0.29) is 11.7 Å².